The minimum absolute atomic E-state index is 0.554. The van der Waals surface area contributed by atoms with Crippen LogP contribution in [0.5, 0.6) is 5.75 Å². The zero-order chi connectivity index (χ0) is 17.4. The van der Waals surface area contributed by atoms with E-state index in [0.29, 0.717) is 0 Å². The quantitative estimate of drug-likeness (QED) is 0.321. The van der Waals surface area contributed by atoms with E-state index in [1.807, 2.05) is 13.8 Å². The maximum atomic E-state index is 6.21. The fraction of sp³-hybridized carbons (Fsp3) is 0.130. The van der Waals surface area contributed by atoms with Crippen molar-refractivity contribution in [3.63, 3.8) is 0 Å². The van der Waals surface area contributed by atoms with Gasteiger partial charge in [-0.1, -0.05) is 72.8 Å². The smallest absolute Gasteiger partial charge is 0.146 e. The van der Waals surface area contributed by atoms with Crippen molar-refractivity contribution in [1.82, 2.24) is 0 Å². The molecule has 0 aliphatic rings. The molecule has 25 heavy (non-hydrogen) atoms. The van der Waals surface area contributed by atoms with Gasteiger partial charge in [-0.2, -0.15) is 0 Å². The molecule has 4 rings (SSSR count). The van der Waals surface area contributed by atoms with Crippen molar-refractivity contribution in [3.05, 3.63) is 78.9 Å². The molecule has 124 valence electrons. The van der Waals surface area contributed by atoms with E-state index in [2.05, 4.69) is 91.5 Å². The lowest BCUT2D eigenvalue weighted by Gasteiger charge is -2.24. The first-order valence-corrected chi connectivity index (χ1v) is 8.89. The second-order valence-electron chi connectivity index (χ2n) is 6.74. The van der Waals surface area contributed by atoms with Gasteiger partial charge in [-0.05, 0) is 47.0 Å². The van der Waals surface area contributed by atoms with Crippen LogP contribution in [0, 0.1) is 0 Å². The van der Waals surface area contributed by atoms with E-state index < -0.39 is 4.93 Å². The van der Waals surface area contributed by atoms with E-state index in [4.69, 9.17) is 4.74 Å². The summed E-state index contributed by atoms with van der Waals surface area (Å²) in [6.45, 7) is 3.91. The summed E-state index contributed by atoms with van der Waals surface area (Å²) in [7, 11) is 0. The minimum Gasteiger partial charge on any atom is -0.477 e. The molecule has 0 aliphatic carbocycles. The highest BCUT2D eigenvalue weighted by Crippen LogP contribution is 2.41. The van der Waals surface area contributed by atoms with E-state index in [1.54, 1.807) is 0 Å². The number of fused-ring (bicyclic) bond motifs is 2. The summed E-state index contributed by atoms with van der Waals surface area (Å²) < 4.78 is 6.21. The Hall–Kier alpha value is -2.45. The molecule has 1 nitrogen and oxygen atoms in total. The van der Waals surface area contributed by atoms with Gasteiger partial charge in [0.1, 0.15) is 10.7 Å². The summed E-state index contributed by atoms with van der Waals surface area (Å²) in [4.78, 5) is -0.554. The molecular weight excluding hydrogens is 324 g/mol. The van der Waals surface area contributed by atoms with Crippen molar-refractivity contribution in [1.29, 1.82) is 0 Å². The molecular formula is C23H20OS. The zero-order valence-corrected chi connectivity index (χ0v) is 15.3. The van der Waals surface area contributed by atoms with Crippen molar-refractivity contribution in [2.75, 3.05) is 0 Å². The summed E-state index contributed by atoms with van der Waals surface area (Å²) in [5, 5.41) is 4.84. The van der Waals surface area contributed by atoms with Crippen molar-refractivity contribution in [2.45, 2.75) is 18.8 Å². The summed E-state index contributed by atoms with van der Waals surface area (Å²) in [6, 6.07) is 27.5. The normalized spacial score (nSPS) is 11.8. The molecule has 0 bridgehead atoms. The van der Waals surface area contributed by atoms with Gasteiger partial charge < -0.3 is 4.74 Å². The Balaban J connectivity index is 2.09. The van der Waals surface area contributed by atoms with Crippen molar-refractivity contribution >= 4 is 34.2 Å². The molecule has 4 aromatic rings. The molecule has 0 aromatic heterocycles. The summed E-state index contributed by atoms with van der Waals surface area (Å²) >= 11 is 4.57. The SMILES string of the molecule is CC(C)(S)Oc1ccc2ccccc2c1-c1cccc2ccccc12. The van der Waals surface area contributed by atoms with Crippen molar-refractivity contribution in [2.24, 2.45) is 0 Å². The summed E-state index contributed by atoms with van der Waals surface area (Å²) in [5.41, 5.74) is 2.31. The third-order valence-electron chi connectivity index (χ3n) is 4.31. The fourth-order valence-corrected chi connectivity index (χ4v) is 3.43. The van der Waals surface area contributed by atoms with E-state index in [1.165, 1.54) is 27.1 Å². The van der Waals surface area contributed by atoms with Crippen molar-refractivity contribution < 1.29 is 4.74 Å². The highest BCUT2D eigenvalue weighted by atomic mass is 32.1. The number of ether oxygens (including phenoxy) is 1. The zero-order valence-electron chi connectivity index (χ0n) is 14.4. The first-order valence-electron chi connectivity index (χ1n) is 8.44. The second-order valence-corrected chi connectivity index (χ2v) is 7.81. The standard InChI is InChI=1S/C23H20OS/c1-23(2,25)24-21-15-14-17-9-4-6-12-19(17)22(21)20-13-7-10-16-8-3-5-11-18(16)20/h3-15,25H,1-2H3. The van der Waals surface area contributed by atoms with E-state index in [9.17, 15) is 0 Å². The number of hydrogen-bond donors (Lipinski definition) is 1. The average Bonchev–Trinajstić information content (AvgIpc) is 2.60. The number of thiol groups is 1. The lowest BCUT2D eigenvalue weighted by atomic mass is 9.93. The molecule has 0 amide bonds. The molecule has 0 aliphatic heterocycles. The van der Waals surface area contributed by atoms with Crippen LogP contribution < -0.4 is 4.74 Å². The molecule has 0 unspecified atom stereocenters. The Morgan fingerprint density at radius 1 is 0.680 bits per heavy atom. The predicted molar refractivity (Wildman–Crippen MR) is 111 cm³/mol. The van der Waals surface area contributed by atoms with Gasteiger partial charge in [-0.15, -0.1) is 12.6 Å². The topological polar surface area (TPSA) is 9.23 Å². The Bertz CT molecular complexity index is 1060. The second kappa shape index (κ2) is 6.12. The van der Waals surface area contributed by atoms with E-state index in [0.717, 1.165) is 11.3 Å². The molecule has 0 N–H and O–H groups in total. The molecule has 0 saturated carbocycles. The lowest BCUT2D eigenvalue weighted by molar-refractivity contribution is 0.211. The molecule has 2 heteroatoms. The van der Waals surface area contributed by atoms with Crippen LogP contribution in [0.3, 0.4) is 0 Å². The minimum atomic E-state index is -0.554. The van der Waals surface area contributed by atoms with Crippen molar-refractivity contribution in [3.8, 4) is 16.9 Å². The molecule has 0 spiro atoms. The Morgan fingerprint density at radius 2 is 1.28 bits per heavy atom. The van der Waals surface area contributed by atoms with E-state index in [-0.39, 0.29) is 0 Å². The van der Waals surface area contributed by atoms with Gasteiger partial charge >= 0.3 is 0 Å². The Morgan fingerprint density at radius 3 is 2.00 bits per heavy atom. The van der Waals surface area contributed by atoms with Gasteiger partial charge in [0.15, 0.2) is 0 Å². The highest BCUT2D eigenvalue weighted by molar-refractivity contribution is 7.81. The first kappa shape index (κ1) is 16.0. The van der Waals surface area contributed by atoms with Crippen LogP contribution in [0.4, 0.5) is 0 Å². The number of rotatable bonds is 3. The van der Waals surface area contributed by atoms with Crippen LogP contribution in [0.1, 0.15) is 13.8 Å². The average molecular weight is 344 g/mol. The van der Waals surface area contributed by atoms with Gasteiger partial charge in [-0.25, -0.2) is 0 Å². The Labute approximate surface area is 153 Å². The molecule has 0 atom stereocenters. The van der Waals surface area contributed by atoms with Crippen LogP contribution in [-0.2, 0) is 0 Å². The maximum absolute atomic E-state index is 6.21. The lowest BCUT2D eigenvalue weighted by Crippen LogP contribution is -2.20. The summed E-state index contributed by atoms with van der Waals surface area (Å²) in [5.74, 6) is 0.857. The molecule has 0 heterocycles. The molecule has 0 radical (unpaired) electrons. The van der Waals surface area contributed by atoms with Gasteiger partial charge in [-0.3, -0.25) is 0 Å². The van der Waals surface area contributed by atoms with Crippen LogP contribution in [0.15, 0.2) is 78.9 Å². The first-order chi connectivity index (χ1) is 12.0. The van der Waals surface area contributed by atoms with Gasteiger partial charge in [0.05, 0.1) is 0 Å². The van der Waals surface area contributed by atoms with Crippen LogP contribution in [-0.4, -0.2) is 4.93 Å². The monoisotopic (exact) mass is 344 g/mol. The third-order valence-corrected chi connectivity index (χ3v) is 4.40. The van der Waals surface area contributed by atoms with E-state index >= 15 is 0 Å². The predicted octanol–water partition coefficient (Wildman–Crippen LogP) is 6.70. The number of benzene rings is 4. The fourth-order valence-electron chi connectivity index (χ4n) is 3.33. The van der Waals surface area contributed by atoms with Gasteiger partial charge in [0.25, 0.3) is 0 Å². The van der Waals surface area contributed by atoms with Gasteiger partial charge in [0.2, 0.25) is 0 Å². The largest absolute Gasteiger partial charge is 0.477 e. The van der Waals surface area contributed by atoms with Gasteiger partial charge in [0, 0.05) is 5.56 Å². The summed E-state index contributed by atoms with van der Waals surface area (Å²) in [6.07, 6.45) is 0. The third kappa shape index (κ3) is 3.10. The van der Waals surface area contributed by atoms with Crippen LogP contribution in [0.25, 0.3) is 32.7 Å². The van der Waals surface area contributed by atoms with Crippen LogP contribution in [0.2, 0.25) is 0 Å². The Kier molecular flexibility index (Phi) is 3.93. The molecule has 0 fully saturated rings. The van der Waals surface area contributed by atoms with Crippen LogP contribution >= 0.6 is 12.6 Å². The molecule has 4 aromatic carbocycles. The molecule has 0 saturated heterocycles. The maximum Gasteiger partial charge on any atom is 0.146 e. The highest BCUT2D eigenvalue weighted by Gasteiger charge is 2.19. The number of hydrogen-bond acceptors (Lipinski definition) is 2.